The third kappa shape index (κ3) is 2.82. The Morgan fingerprint density at radius 1 is 1.47 bits per heavy atom. The fourth-order valence-electron chi connectivity index (χ4n) is 1.44. The van der Waals surface area contributed by atoms with Crippen LogP contribution in [0.3, 0.4) is 0 Å². The summed E-state index contributed by atoms with van der Waals surface area (Å²) in [7, 11) is 1.37. The Balaban J connectivity index is 2.12. The molecule has 0 unspecified atom stereocenters. The second-order valence-corrected chi connectivity index (χ2v) is 4.09. The molecule has 0 aliphatic heterocycles. The van der Waals surface area contributed by atoms with Gasteiger partial charge in [0.15, 0.2) is 0 Å². The molecule has 0 aliphatic rings. The number of anilines is 1. The molecule has 1 N–H and O–H groups in total. The van der Waals surface area contributed by atoms with Crippen molar-refractivity contribution in [2.75, 3.05) is 12.4 Å². The summed E-state index contributed by atoms with van der Waals surface area (Å²) in [4.78, 5) is 15.7. The molecule has 1 heterocycles. The number of esters is 1. The van der Waals surface area contributed by atoms with E-state index < -0.39 is 0 Å². The van der Waals surface area contributed by atoms with Crippen LogP contribution in [0.25, 0.3) is 0 Å². The third-order valence-corrected chi connectivity index (χ3v) is 2.91. The van der Waals surface area contributed by atoms with E-state index in [0.29, 0.717) is 12.1 Å². The molecule has 0 saturated carbocycles. The number of benzene rings is 1. The molecule has 2 aromatic rings. The van der Waals surface area contributed by atoms with Crippen LogP contribution in [0.2, 0.25) is 0 Å². The lowest BCUT2D eigenvalue weighted by Crippen LogP contribution is -2.08. The summed E-state index contributed by atoms with van der Waals surface area (Å²) >= 11 is 1.55. The van der Waals surface area contributed by atoms with Crippen molar-refractivity contribution in [3.8, 4) is 0 Å². The molecule has 88 valence electrons. The van der Waals surface area contributed by atoms with E-state index in [-0.39, 0.29) is 5.97 Å². The van der Waals surface area contributed by atoms with Crippen LogP contribution in [0, 0.1) is 0 Å². The molecule has 0 atom stereocenters. The number of methoxy groups -OCH3 is 1. The van der Waals surface area contributed by atoms with Crippen LogP contribution in [-0.4, -0.2) is 18.1 Å². The summed E-state index contributed by atoms with van der Waals surface area (Å²) in [6, 6.07) is 7.25. The topological polar surface area (TPSA) is 51.2 Å². The number of para-hydroxylation sites is 1. The van der Waals surface area contributed by atoms with E-state index in [2.05, 4.69) is 10.3 Å². The first kappa shape index (κ1) is 11.6. The Morgan fingerprint density at radius 3 is 3.00 bits per heavy atom. The Hall–Kier alpha value is -1.88. The molecule has 4 nitrogen and oxygen atoms in total. The SMILES string of the molecule is COC(=O)c1ccccc1NCc1cscn1. The van der Waals surface area contributed by atoms with E-state index in [0.717, 1.165) is 11.4 Å². The average molecular weight is 248 g/mol. The Labute approximate surface area is 103 Å². The van der Waals surface area contributed by atoms with Crippen molar-refractivity contribution in [2.45, 2.75) is 6.54 Å². The molecule has 1 aromatic heterocycles. The van der Waals surface area contributed by atoms with Gasteiger partial charge >= 0.3 is 5.97 Å². The number of nitrogens with zero attached hydrogens (tertiary/aromatic N) is 1. The van der Waals surface area contributed by atoms with Gasteiger partial charge in [-0.05, 0) is 12.1 Å². The molecule has 2 rings (SSSR count). The number of carbonyl (C=O) groups is 1. The molecule has 0 radical (unpaired) electrons. The molecule has 0 amide bonds. The number of hydrogen-bond donors (Lipinski definition) is 1. The number of aromatic nitrogens is 1. The van der Waals surface area contributed by atoms with Gasteiger partial charge in [0.05, 0.1) is 30.4 Å². The van der Waals surface area contributed by atoms with Gasteiger partial charge in [-0.1, -0.05) is 12.1 Å². The monoisotopic (exact) mass is 248 g/mol. The second-order valence-electron chi connectivity index (χ2n) is 3.37. The van der Waals surface area contributed by atoms with E-state index in [1.165, 1.54) is 7.11 Å². The highest BCUT2D eigenvalue weighted by molar-refractivity contribution is 7.07. The average Bonchev–Trinajstić information content (AvgIpc) is 2.89. The summed E-state index contributed by atoms with van der Waals surface area (Å²) < 4.78 is 4.72. The van der Waals surface area contributed by atoms with Gasteiger partial charge in [-0.25, -0.2) is 9.78 Å². The van der Waals surface area contributed by atoms with Crippen LogP contribution in [0.1, 0.15) is 16.1 Å². The zero-order valence-corrected chi connectivity index (χ0v) is 10.2. The van der Waals surface area contributed by atoms with E-state index in [1.54, 1.807) is 29.0 Å². The van der Waals surface area contributed by atoms with Gasteiger partial charge in [0.1, 0.15) is 0 Å². The first-order valence-electron chi connectivity index (χ1n) is 5.09. The number of ether oxygens (including phenoxy) is 1. The standard InChI is InChI=1S/C12H12N2O2S/c1-16-12(15)10-4-2-3-5-11(10)13-6-9-7-17-8-14-9/h2-5,7-8,13H,6H2,1H3. The van der Waals surface area contributed by atoms with Gasteiger partial charge in [-0.3, -0.25) is 0 Å². The molecule has 17 heavy (non-hydrogen) atoms. The minimum absolute atomic E-state index is 0.341. The van der Waals surface area contributed by atoms with E-state index >= 15 is 0 Å². The molecule has 0 saturated heterocycles. The van der Waals surface area contributed by atoms with Crippen molar-refractivity contribution in [1.29, 1.82) is 0 Å². The van der Waals surface area contributed by atoms with Crippen molar-refractivity contribution in [1.82, 2.24) is 4.98 Å². The maximum atomic E-state index is 11.5. The Morgan fingerprint density at radius 2 is 2.29 bits per heavy atom. The van der Waals surface area contributed by atoms with Crippen molar-refractivity contribution in [2.24, 2.45) is 0 Å². The predicted octanol–water partition coefficient (Wildman–Crippen LogP) is 2.54. The lowest BCUT2D eigenvalue weighted by Gasteiger charge is -2.09. The molecule has 0 fully saturated rings. The van der Waals surface area contributed by atoms with Crippen molar-refractivity contribution in [3.63, 3.8) is 0 Å². The molecule has 5 heteroatoms. The largest absolute Gasteiger partial charge is 0.465 e. The first-order chi connectivity index (χ1) is 8.31. The van der Waals surface area contributed by atoms with Crippen LogP contribution in [0.5, 0.6) is 0 Å². The van der Waals surface area contributed by atoms with Crippen molar-refractivity contribution < 1.29 is 9.53 Å². The third-order valence-electron chi connectivity index (χ3n) is 2.28. The van der Waals surface area contributed by atoms with E-state index in [1.807, 2.05) is 17.5 Å². The number of rotatable bonds is 4. The van der Waals surface area contributed by atoms with Crippen LogP contribution >= 0.6 is 11.3 Å². The first-order valence-corrected chi connectivity index (χ1v) is 6.04. The summed E-state index contributed by atoms with van der Waals surface area (Å²) in [5.41, 5.74) is 4.02. The second kappa shape index (κ2) is 5.45. The Bertz CT molecular complexity index is 497. The minimum Gasteiger partial charge on any atom is -0.465 e. The highest BCUT2D eigenvalue weighted by Crippen LogP contribution is 2.17. The lowest BCUT2D eigenvalue weighted by molar-refractivity contribution is 0.0602. The highest BCUT2D eigenvalue weighted by Gasteiger charge is 2.10. The van der Waals surface area contributed by atoms with E-state index in [9.17, 15) is 4.79 Å². The fourth-order valence-corrected chi connectivity index (χ4v) is 1.99. The van der Waals surface area contributed by atoms with Gasteiger partial charge in [-0.2, -0.15) is 0 Å². The highest BCUT2D eigenvalue weighted by atomic mass is 32.1. The number of nitrogens with one attached hydrogen (secondary N) is 1. The van der Waals surface area contributed by atoms with Crippen LogP contribution in [-0.2, 0) is 11.3 Å². The van der Waals surface area contributed by atoms with Crippen molar-refractivity contribution >= 4 is 23.0 Å². The normalized spacial score (nSPS) is 9.94. The van der Waals surface area contributed by atoms with Crippen LogP contribution in [0.15, 0.2) is 35.2 Å². The molecule has 0 spiro atoms. The zero-order chi connectivity index (χ0) is 12.1. The summed E-state index contributed by atoms with van der Waals surface area (Å²) in [6.45, 7) is 0.595. The smallest absolute Gasteiger partial charge is 0.339 e. The molecule has 1 aromatic carbocycles. The van der Waals surface area contributed by atoms with E-state index in [4.69, 9.17) is 4.74 Å². The molecule has 0 aliphatic carbocycles. The molecular weight excluding hydrogens is 236 g/mol. The zero-order valence-electron chi connectivity index (χ0n) is 9.34. The maximum absolute atomic E-state index is 11.5. The summed E-state index contributed by atoms with van der Waals surface area (Å²) in [6.07, 6.45) is 0. The van der Waals surface area contributed by atoms with Gasteiger partial charge in [-0.15, -0.1) is 11.3 Å². The number of hydrogen-bond acceptors (Lipinski definition) is 5. The number of thiazole rings is 1. The van der Waals surface area contributed by atoms with Gasteiger partial charge in [0.2, 0.25) is 0 Å². The van der Waals surface area contributed by atoms with Crippen LogP contribution < -0.4 is 5.32 Å². The number of carbonyl (C=O) groups excluding carboxylic acids is 1. The van der Waals surface area contributed by atoms with Gasteiger partial charge in [0.25, 0.3) is 0 Å². The maximum Gasteiger partial charge on any atom is 0.339 e. The predicted molar refractivity (Wildman–Crippen MR) is 67.2 cm³/mol. The van der Waals surface area contributed by atoms with Crippen molar-refractivity contribution in [3.05, 3.63) is 46.4 Å². The van der Waals surface area contributed by atoms with Gasteiger partial charge < -0.3 is 10.1 Å². The minimum atomic E-state index is -0.341. The lowest BCUT2D eigenvalue weighted by atomic mass is 10.2. The fraction of sp³-hybridized carbons (Fsp3) is 0.167. The summed E-state index contributed by atoms with van der Waals surface area (Å²) in [5.74, 6) is -0.341. The summed E-state index contributed by atoms with van der Waals surface area (Å²) in [5, 5.41) is 5.14. The molecular formula is C12H12N2O2S. The van der Waals surface area contributed by atoms with Gasteiger partial charge in [0, 0.05) is 11.1 Å². The quantitative estimate of drug-likeness (QED) is 0.845. The Kier molecular flexibility index (Phi) is 3.72. The van der Waals surface area contributed by atoms with Crippen LogP contribution in [0.4, 0.5) is 5.69 Å². The molecule has 0 bridgehead atoms.